The second-order valence-electron chi connectivity index (χ2n) is 7.99. The quantitative estimate of drug-likeness (QED) is 0.551. The summed E-state index contributed by atoms with van der Waals surface area (Å²) in [6.45, 7) is 6.14. The van der Waals surface area contributed by atoms with Crippen molar-refractivity contribution < 1.29 is 24.6 Å². The van der Waals surface area contributed by atoms with Crippen molar-refractivity contribution >= 4 is 40.3 Å². The summed E-state index contributed by atoms with van der Waals surface area (Å²) in [5, 5.41) is 22.9. The van der Waals surface area contributed by atoms with Crippen molar-refractivity contribution in [2.24, 2.45) is 0 Å². The summed E-state index contributed by atoms with van der Waals surface area (Å²) in [5.41, 5.74) is 0.539. The number of nitrogens with one attached hydrogen (secondary N) is 1. The smallest absolute Gasteiger partial charge is 0.328 e. The van der Waals surface area contributed by atoms with Gasteiger partial charge in [-0.25, -0.2) is 4.79 Å². The minimum Gasteiger partial charge on any atom is -0.508 e. The standard InChI is InChI=1S/C23H23ClN2O5/c1-12(20(28)25-23(3,4)22(30)31)19-13(2)26(18-10-9-16(27)11-17(18)19)21(29)14-5-7-15(24)8-6-14/h5-12,27H,1-4H3,(H,25,28)(H,30,31). The number of benzene rings is 2. The van der Waals surface area contributed by atoms with Crippen molar-refractivity contribution in [3.8, 4) is 5.75 Å². The minimum atomic E-state index is -1.46. The molecule has 3 rings (SSSR count). The molecule has 0 aliphatic rings. The Bertz CT molecular complexity index is 1190. The molecule has 3 N–H and O–H groups in total. The summed E-state index contributed by atoms with van der Waals surface area (Å²) in [7, 11) is 0. The van der Waals surface area contributed by atoms with E-state index in [1.165, 1.54) is 30.5 Å². The topological polar surface area (TPSA) is 109 Å². The summed E-state index contributed by atoms with van der Waals surface area (Å²) in [5.74, 6) is -2.76. The van der Waals surface area contributed by atoms with E-state index >= 15 is 0 Å². The Morgan fingerprint density at radius 2 is 1.71 bits per heavy atom. The lowest BCUT2D eigenvalue weighted by atomic mass is 9.95. The van der Waals surface area contributed by atoms with Gasteiger partial charge in [0.05, 0.1) is 11.4 Å². The minimum absolute atomic E-state index is 0.0108. The van der Waals surface area contributed by atoms with Crippen LogP contribution in [0.25, 0.3) is 10.9 Å². The Balaban J connectivity index is 2.14. The molecule has 31 heavy (non-hydrogen) atoms. The van der Waals surface area contributed by atoms with E-state index in [9.17, 15) is 24.6 Å². The first-order valence-electron chi connectivity index (χ1n) is 9.63. The molecule has 3 aromatic rings. The van der Waals surface area contributed by atoms with E-state index in [0.29, 0.717) is 32.7 Å². The Kier molecular flexibility index (Phi) is 5.83. The summed E-state index contributed by atoms with van der Waals surface area (Å²) in [4.78, 5) is 37.6. The molecule has 1 atom stereocenters. The number of hydrogen-bond acceptors (Lipinski definition) is 4. The van der Waals surface area contributed by atoms with Gasteiger partial charge in [0.15, 0.2) is 0 Å². The number of carboxylic acids is 1. The van der Waals surface area contributed by atoms with Crippen molar-refractivity contribution in [2.45, 2.75) is 39.2 Å². The number of carbonyl (C=O) groups excluding carboxylic acids is 2. The fraction of sp³-hybridized carbons (Fsp3) is 0.261. The number of rotatable bonds is 5. The third-order valence-electron chi connectivity index (χ3n) is 5.33. The van der Waals surface area contributed by atoms with Crippen LogP contribution >= 0.6 is 11.6 Å². The predicted molar refractivity (Wildman–Crippen MR) is 118 cm³/mol. The van der Waals surface area contributed by atoms with Crippen LogP contribution in [0.5, 0.6) is 5.75 Å². The molecule has 0 bridgehead atoms. The Morgan fingerprint density at radius 3 is 2.29 bits per heavy atom. The van der Waals surface area contributed by atoms with Crippen LogP contribution in [0.15, 0.2) is 42.5 Å². The highest BCUT2D eigenvalue weighted by atomic mass is 35.5. The first-order valence-corrected chi connectivity index (χ1v) is 10.0. The maximum Gasteiger partial charge on any atom is 0.328 e. The van der Waals surface area contributed by atoms with Crippen LogP contribution < -0.4 is 5.32 Å². The third kappa shape index (κ3) is 4.14. The fourth-order valence-electron chi connectivity index (χ4n) is 3.56. The maximum atomic E-state index is 13.3. The molecule has 8 heteroatoms. The molecular formula is C23H23ClN2O5. The number of aromatic hydroxyl groups is 1. The average Bonchev–Trinajstić information content (AvgIpc) is 2.97. The molecule has 0 saturated carbocycles. The number of carboxylic acid groups (broad SMARTS) is 1. The lowest BCUT2D eigenvalue weighted by molar-refractivity contribution is -0.146. The largest absolute Gasteiger partial charge is 0.508 e. The van der Waals surface area contributed by atoms with Crippen molar-refractivity contribution in [3.05, 3.63) is 64.3 Å². The number of aliphatic carboxylic acids is 1. The molecule has 1 unspecified atom stereocenters. The van der Waals surface area contributed by atoms with E-state index in [2.05, 4.69) is 5.32 Å². The normalized spacial score (nSPS) is 12.5. The number of halogens is 1. The van der Waals surface area contributed by atoms with Crippen LogP contribution in [-0.4, -0.2) is 38.1 Å². The highest BCUT2D eigenvalue weighted by Crippen LogP contribution is 2.35. The molecule has 1 heterocycles. The van der Waals surface area contributed by atoms with Crippen molar-refractivity contribution in [1.29, 1.82) is 0 Å². The number of carbonyl (C=O) groups is 3. The monoisotopic (exact) mass is 442 g/mol. The fourth-order valence-corrected chi connectivity index (χ4v) is 3.69. The summed E-state index contributed by atoms with van der Waals surface area (Å²) in [6.07, 6.45) is 0. The van der Waals surface area contributed by atoms with E-state index in [1.54, 1.807) is 44.2 Å². The van der Waals surface area contributed by atoms with Crippen LogP contribution in [0.4, 0.5) is 0 Å². The zero-order chi connectivity index (χ0) is 23.1. The zero-order valence-electron chi connectivity index (χ0n) is 17.6. The number of phenols is 1. The van der Waals surface area contributed by atoms with Crippen LogP contribution in [0.3, 0.4) is 0 Å². The number of fused-ring (bicyclic) bond motifs is 1. The van der Waals surface area contributed by atoms with Crippen molar-refractivity contribution in [2.75, 3.05) is 0 Å². The number of hydrogen-bond donors (Lipinski definition) is 3. The molecule has 1 amide bonds. The number of aromatic nitrogens is 1. The van der Waals surface area contributed by atoms with Crippen molar-refractivity contribution in [1.82, 2.24) is 9.88 Å². The predicted octanol–water partition coefficient (Wildman–Crippen LogP) is 4.08. The number of phenolic OH excluding ortho intramolecular Hbond substituents is 1. The van der Waals surface area contributed by atoms with Gasteiger partial charge in [-0.1, -0.05) is 11.6 Å². The van der Waals surface area contributed by atoms with Gasteiger partial charge in [-0.15, -0.1) is 0 Å². The zero-order valence-corrected chi connectivity index (χ0v) is 18.3. The van der Waals surface area contributed by atoms with Crippen LogP contribution in [0.1, 0.15) is 48.3 Å². The number of amides is 1. The molecule has 7 nitrogen and oxygen atoms in total. The van der Waals surface area contributed by atoms with Gasteiger partial charge < -0.3 is 15.5 Å². The van der Waals surface area contributed by atoms with Crippen molar-refractivity contribution in [3.63, 3.8) is 0 Å². The van der Waals surface area contributed by atoms with E-state index in [1.807, 2.05) is 0 Å². The highest BCUT2D eigenvalue weighted by molar-refractivity contribution is 6.30. The number of nitrogens with zero attached hydrogens (tertiary/aromatic N) is 1. The Hall–Kier alpha value is -3.32. The van der Waals surface area contributed by atoms with E-state index in [4.69, 9.17) is 11.6 Å². The maximum absolute atomic E-state index is 13.3. The average molecular weight is 443 g/mol. The Labute approximate surface area is 184 Å². The van der Waals surface area contributed by atoms with Gasteiger partial charge in [0.2, 0.25) is 5.91 Å². The van der Waals surface area contributed by atoms with Crippen LogP contribution in [0, 0.1) is 6.92 Å². The molecule has 2 aromatic carbocycles. The van der Waals surface area contributed by atoms with E-state index in [0.717, 1.165) is 0 Å². The molecule has 0 fully saturated rings. The third-order valence-corrected chi connectivity index (χ3v) is 5.58. The van der Waals surface area contributed by atoms with Gasteiger partial charge in [0.1, 0.15) is 11.3 Å². The van der Waals surface area contributed by atoms with E-state index < -0.39 is 23.3 Å². The molecule has 0 aliphatic carbocycles. The van der Waals surface area contributed by atoms with Gasteiger partial charge in [-0.05, 0) is 75.7 Å². The highest BCUT2D eigenvalue weighted by Gasteiger charge is 2.33. The summed E-state index contributed by atoms with van der Waals surface area (Å²) >= 11 is 5.93. The van der Waals surface area contributed by atoms with E-state index in [-0.39, 0.29) is 11.7 Å². The first-order chi connectivity index (χ1) is 14.4. The Morgan fingerprint density at radius 1 is 1.10 bits per heavy atom. The summed E-state index contributed by atoms with van der Waals surface area (Å²) in [6, 6.07) is 11.0. The van der Waals surface area contributed by atoms with Gasteiger partial charge in [0.25, 0.3) is 5.91 Å². The second kappa shape index (κ2) is 8.07. The lowest BCUT2D eigenvalue weighted by Gasteiger charge is -2.23. The summed E-state index contributed by atoms with van der Waals surface area (Å²) < 4.78 is 1.49. The first kappa shape index (κ1) is 22.4. The molecule has 162 valence electrons. The SMILES string of the molecule is Cc1c(C(C)C(=O)NC(C)(C)C(=O)O)c2cc(O)ccc2n1C(=O)c1ccc(Cl)cc1. The van der Waals surface area contributed by atoms with Crippen LogP contribution in [-0.2, 0) is 9.59 Å². The second-order valence-corrected chi connectivity index (χ2v) is 8.43. The molecule has 0 radical (unpaired) electrons. The lowest BCUT2D eigenvalue weighted by Crippen LogP contribution is -2.50. The molecule has 1 aromatic heterocycles. The molecule has 0 aliphatic heterocycles. The molecular weight excluding hydrogens is 420 g/mol. The van der Waals surface area contributed by atoms with Gasteiger partial charge in [0, 0.05) is 21.7 Å². The van der Waals surface area contributed by atoms with Gasteiger partial charge in [-0.3, -0.25) is 14.2 Å². The molecule has 0 saturated heterocycles. The van der Waals surface area contributed by atoms with Crippen LogP contribution in [0.2, 0.25) is 5.02 Å². The van der Waals surface area contributed by atoms with Gasteiger partial charge >= 0.3 is 5.97 Å². The molecule has 0 spiro atoms. The van der Waals surface area contributed by atoms with Gasteiger partial charge in [-0.2, -0.15) is 0 Å².